The molecule has 43 heavy (non-hydrogen) atoms. The van der Waals surface area contributed by atoms with Crippen molar-refractivity contribution in [1.29, 1.82) is 0 Å². The van der Waals surface area contributed by atoms with Crippen LogP contribution in [0.25, 0.3) is 0 Å². The van der Waals surface area contributed by atoms with Crippen molar-refractivity contribution in [2.75, 3.05) is 13.2 Å². The number of aldehydes is 1. The van der Waals surface area contributed by atoms with Crippen molar-refractivity contribution in [2.45, 2.75) is 82.2 Å². The summed E-state index contributed by atoms with van der Waals surface area (Å²) < 4.78 is 5.80. The Kier molecular flexibility index (Phi) is 11.9. The minimum absolute atomic E-state index is 0.00984. The highest BCUT2D eigenvalue weighted by Gasteiger charge is 2.33. The molecule has 0 spiro atoms. The Morgan fingerprint density at radius 1 is 1.05 bits per heavy atom. The summed E-state index contributed by atoms with van der Waals surface area (Å²) in [6.45, 7) is 2.55. The second-order valence-electron chi connectivity index (χ2n) is 12.1. The first-order valence-corrected chi connectivity index (χ1v) is 15.9. The molecule has 3 N–H and O–H groups in total. The van der Waals surface area contributed by atoms with E-state index in [4.69, 9.17) is 27.9 Å². The van der Waals surface area contributed by atoms with Crippen molar-refractivity contribution in [1.82, 2.24) is 16.0 Å². The van der Waals surface area contributed by atoms with Gasteiger partial charge in [-0.25, -0.2) is 4.79 Å². The van der Waals surface area contributed by atoms with Crippen molar-refractivity contribution >= 4 is 47.4 Å². The van der Waals surface area contributed by atoms with E-state index in [1.165, 1.54) is 0 Å². The van der Waals surface area contributed by atoms with Crippen molar-refractivity contribution in [3.8, 4) is 0 Å². The number of rotatable bonds is 13. The summed E-state index contributed by atoms with van der Waals surface area (Å²) in [5, 5.41) is 9.49. The Bertz CT molecular complexity index is 1280. The molecular weight excluding hydrogens is 589 g/mol. The van der Waals surface area contributed by atoms with Gasteiger partial charge in [0.05, 0.1) is 6.04 Å². The van der Waals surface area contributed by atoms with Crippen LogP contribution in [-0.2, 0) is 31.0 Å². The van der Waals surface area contributed by atoms with Crippen LogP contribution in [0.5, 0.6) is 0 Å². The SMILES string of the molecule is CC(COC(=O)N[C@@H](CC1CCCCC1)C(=O)N[C@H](C=O)C[C@@H]1CCNC1=O)(Cc1ccccc1Cl)c1cccc(Cl)c1. The lowest BCUT2D eigenvalue weighted by atomic mass is 9.78. The Hall–Kier alpha value is -3.10. The van der Waals surface area contributed by atoms with Gasteiger partial charge in [-0.3, -0.25) is 9.59 Å². The lowest BCUT2D eigenvalue weighted by Gasteiger charge is -2.31. The lowest BCUT2D eigenvalue weighted by Crippen LogP contribution is -2.51. The molecule has 1 aliphatic heterocycles. The molecule has 10 heteroatoms. The van der Waals surface area contributed by atoms with Crippen molar-refractivity contribution in [3.05, 3.63) is 69.7 Å². The summed E-state index contributed by atoms with van der Waals surface area (Å²) in [4.78, 5) is 50.6. The maximum atomic E-state index is 13.4. The molecule has 1 heterocycles. The predicted molar refractivity (Wildman–Crippen MR) is 167 cm³/mol. The molecule has 232 valence electrons. The van der Waals surface area contributed by atoms with Crippen LogP contribution in [0.2, 0.25) is 10.0 Å². The summed E-state index contributed by atoms with van der Waals surface area (Å²) in [6, 6.07) is 13.3. The molecule has 8 nitrogen and oxygen atoms in total. The van der Waals surface area contributed by atoms with Gasteiger partial charge in [0, 0.05) is 27.9 Å². The molecule has 3 amide bonds. The largest absolute Gasteiger partial charge is 0.449 e. The van der Waals surface area contributed by atoms with Crippen LogP contribution in [0, 0.1) is 11.8 Å². The van der Waals surface area contributed by atoms with E-state index in [-0.39, 0.29) is 30.8 Å². The Labute approximate surface area is 263 Å². The number of halogens is 2. The summed E-state index contributed by atoms with van der Waals surface area (Å²) in [5.74, 6) is -0.614. The number of ether oxygens (including phenoxy) is 1. The first kappa shape index (κ1) is 32.8. The third kappa shape index (κ3) is 9.44. The van der Waals surface area contributed by atoms with Gasteiger partial charge in [0.2, 0.25) is 11.8 Å². The smallest absolute Gasteiger partial charge is 0.407 e. The summed E-state index contributed by atoms with van der Waals surface area (Å²) in [6.07, 6.45) is 6.99. The van der Waals surface area contributed by atoms with Gasteiger partial charge < -0.3 is 25.5 Å². The fraction of sp³-hybridized carbons (Fsp3) is 0.515. The van der Waals surface area contributed by atoms with Crippen LogP contribution < -0.4 is 16.0 Å². The molecule has 0 radical (unpaired) electrons. The highest BCUT2D eigenvalue weighted by atomic mass is 35.5. The van der Waals surface area contributed by atoms with E-state index in [1.54, 1.807) is 6.07 Å². The van der Waals surface area contributed by atoms with Gasteiger partial charge in [0.25, 0.3) is 0 Å². The Morgan fingerprint density at radius 2 is 1.81 bits per heavy atom. The monoisotopic (exact) mass is 629 g/mol. The number of carbonyl (C=O) groups is 4. The van der Waals surface area contributed by atoms with Crippen molar-refractivity contribution < 1.29 is 23.9 Å². The molecular formula is C33H41Cl2N3O5. The van der Waals surface area contributed by atoms with Crippen LogP contribution in [0.1, 0.15) is 69.4 Å². The number of alkyl carbamates (subject to hydrolysis) is 1. The normalized spacial score (nSPS) is 19.9. The zero-order valence-corrected chi connectivity index (χ0v) is 26.1. The number of amides is 3. The van der Waals surface area contributed by atoms with Crippen molar-refractivity contribution in [3.63, 3.8) is 0 Å². The molecule has 4 rings (SSSR count). The van der Waals surface area contributed by atoms with Gasteiger partial charge in [0.15, 0.2) is 0 Å². The molecule has 0 bridgehead atoms. The molecule has 1 unspecified atom stereocenters. The fourth-order valence-electron chi connectivity index (χ4n) is 6.17. The van der Waals surface area contributed by atoms with Gasteiger partial charge in [-0.05, 0) is 60.9 Å². The quantitative estimate of drug-likeness (QED) is 0.243. The topological polar surface area (TPSA) is 114 Å². The first-order chi connectivity index (χ1) is 20.7. The standard InChI is InChI=1S/C33H41Cl2N3O5/c1-33(25-11-7-12-26(34)18-25,19-24-10-5-6-13-28(24)35)21-43-32(42)38-29(16-22-8-3-2-4-9-22)31(41)37-27(20-39)17-23-14-15-36-30(23)40/h5-7,10-13,18,20,22-23,27,29H,2-4,8-9,14-17,19,21H2,1H3,(H,36,40)(H,37,41)(H,38,42)/t23-,27-,29-,33?/m0/s1. The number of nitrogens with one attached hydrogen (secondary N) is 3. The second-order valence-corrected chi connectivity index (χ2v) is 13.0. The molecule has 2 aliphatic rings. The fourth-order valence-corrected chi connectivity index (χ4v) is 6.56. The molecule has 2 aromatic rings. The Balaban J connectivity index is 1.46. The van der Waals surface area contributed by atoms with Crippen LogP contribution >= 0.6 is 23.2 Å². The number of benzene rings is 2. The third-order valence-corrected chi connectivity index (χ3v) is 9.28. The Morgan fingerprint density at radius 3 is 2.49 bits per heavy atom. The molecule has 2 aromatic carbocycles. The highest BCUT2D eigenvalue weighted by molar-refractivity contribution is 6.31. The van der Waals surface area contributed by atoms with E-state index < -0.39 is 29.5 Å². The number of hydrogen-bond acceptors (Lipinski definition) is 5. The predicted octanol–water partition coefficient (Wildman–Crippen LogP) is 5.77. The molecule has 4 atom stereocenters. The average molecular weight is 631 g/mol. The van der Waals surface area contributed by atoms with Gasteiger partial charge in [0.1, 0.15) is 18.9 Å². The van der Waals surface area contributed by atoms with Crippen LogP contribution in [0.3, 0.4) is 0 Å². The molecule has 1 saturated heterocycles. The maximum absolute atomic E-state index is 13.4. The van der Waals surface area contributed by atoms with Crippen LogP contribution in [0.15, 0.2) is 48.5 Å². The number of hydrogen-bond donors (Lipinski definition) is 3. The highest BCUT2D eigenvalue weighted by Crippen LogP contribution is 2.33. The minimum atomic E-state index is -0.878. The van der Waals surface area contributed by atoms with E-state index in [0.29, 0.717) is 42.1 Å². The molecule has 0 aromatic heterocycles. The van der Waals surface area contributed by atoms with Crippen LogP contribution in [0.4, 0.5) is 4.79 Å². The zero-order valence-electron chi connectivity index (χ0n) is 24.6. The van der Waals surface area contributed by atoms with Crippen LogP contribution in [-0.4, -0.2) is 49.4 Å². The maximum Gasteiger partial charge on any atom is 0.407 e. The van der Waals surface area contributed by atoms with E-state index in [1.807, 2.05) is 49.4 Å². The summed E-state index contributed by atoms with van der Waals surface area (Å²) >= 11 is 12.8. The summed E-state index contributed by atoms with van der Waals surface area (Å²) in [7, 11) is 0. The molecule has 1 saturated carbocycles. The first-order valence-electron chi connectivity index (χ1n) is 15.1. The van der Waals surface area contributed by atoms with Gasteiger partial charge in [-0.15, -0.1) is 0 Å². The van der Waals surface area contributed by atoms with E-state index in [9.17, 15) is 19.2 Å². The number of carbonyl (C=O) groups excluding carboxylic acids is 4. The van der Waals surface area contributed by atoms with Gasteiger partial charge in [-0.1, -0.05) is 92.6 Å². The lowest BCUT2D eigenvalue weighted by molar-refractivity contribution is -0.127. The third-order valence-electron chi connectivity index (χ3n) is 8.68. The van der Waals surface area contributed by atoms with E-state index in [0.717, 1.165) is 43.2 Å². The second kappa shape index (κ2) is 15.6. The zero-order chi connectivity index (χ0) is 30.8. The summed E-state index contributed by atoms with van der Waals surface area (Å²) in [5.41, 5.74) is 1.12. The van der Waals surface area contributed by atoms with Crippen molar-refractivity contribution in [2.24, 2.45) is 11.8 Å². The van der Waals surface area contributed by atoms with E-state index in [2.05, 4.69) is 16.0 Å². The average Bonchev–Trinajstić information content (AvgIpc) is 3.41. The molecule has 2 fully saturated rings. The van der Waals surface area contributed by atoms with Gasteiger partial charge >= 0.3 is 6.09 Å². The van der Waals surface area contributed by atoms with E-state index >= 15 is 0 Å². The minimum Gasteiger partial charge on any atom is -0.449 e. The molecule has 1 aliphatic carbocycles. The van der Waals surface area contributed by atoms with Gasteiger partial charge in [-0.2, -0.15) is 0 Å².